The number of aliphatic hydroxyl groups excluding tert-OH is 1. The summed E-state index contributed by atoms with van der Waals surface area (Å²) in [5, 5.41) is 18.5. The maximum atomic E-state index is 12.0. The van der Waals surface area contributed by atoms with Crippen molar-refractivity contribution < 1.29 is 19.8 Å². The molecule has 0 radical (unpaired) electrons. The molecular weight excluding hydrogens is 326 g/mol. The van der Waals surface area contributed by atoms with E-state index in [4.69, 9.17) is 5.11 Å². The standard InChI is InChI=1S/C18H31NO4S/c1-2-3-4-7-16(20)10-8-15-9-11-17(21)19(15)12-5-6-13-24-14-18(22)23/h8,10,15-16,20H,2-7,9,11-14H2,1H3,(H,22,23)/b10-8+/t15-,16?/m0/s1. The van der Waals surface area contributed by atoms with E-state index < -0.39 is 12.1 Å². The molecule has 0 aliphatic carbocycles. The van der Waals surface area contributed by atoms with Crippen molar-refractivity contribution in [3.05, 3.63) is 12.2 Å². The number of aliphatic hydroxyl groups is 1. The maximum absolute atomic E-state index is 12.0. The highest BCUT2D eigenvalue weighted by Crippen LogP contribution is 2.21. The van der Waals surface area contributed by atoms with Gasteiger partial charge in [-0.1, -0.05) is 38.3 Å². The van der Waals surface area contributed by atoms with Crippen LogP contribution < -0.4 is 0 Å². The third kappa shape index (κ3) is 8.73. The first-order chi connectivity index (χ1) is 11.5. The number of aliphatic carboxylic acids is 1. The van der Waals surface area contributed by atoms with E-state index in [-0.39, 0.29) is 17.7 Å². The van der Waals surface area contributed by atoms with Gasteiger partial charge < -0.3 is 15.1 Å². The van der Waals surface area contributed by atoms with Crippen LogP contribution in [-0.2, 0) is 9.59 Å². The molecule has 0 aromatic rings. The fourth-order valence-corrected chi connectivity index (χ4v) is 3.58. The first kappa shape index (κ1) is 21.0. The van der Waals surface area contributed by atoms with E-state index in [9.17, 15) is 14.7 Å². The number of thioether (sulfide) groups is 1. The quantitative estimate of drug-likeness (QED) is 0.391. The predicted molar refractivity (Wildman–Crippen MR) is 98.2 cm³/mol. The van der Waals surface area contributed by atoms with Crippen molar-refractivity contribution in [3.8, 4) is 0 Å². The smallest absolute Gasteiger partial charge is 0.313 e. The number of nitrogens with zero attached hydrogens (tertiary/aromatic N) is 1. The van der Waals surface area contributed by atoms with E-state index >= 15 is 0 Å². The van der Waals surface area contributed by atoms with Crippen molar-refractivity contribution in [2.24, 2.45) is 0 Å². The van der Waals surface area contributed by atoms with Gasteiger partial charge in [0.1, 0.15) is 0 Å². The van der Waals surface area contributed by atoms with E-state index in [1.54, 1.807) is 0 Å². The lowest BCUT2D eigenvalue weighted by Crippen LogP contribution is -2.32. The molecule has 6 heteroatoms. The molecule has 1 aliphatic rings. The normalized spacial score (nSPS) is 19.3. The Kier molecular flexibility index (Phi) is 10.8. The molecule has 138 valence electrons. The Morgan fingerprint density at radius 3 is 2.88 bits per heavy atom. The van der Waals surface area contributed by atoms with Crippen LogP contribution in [0.25, 0.3) is 0 Å². The average molecular weight is 358 g/mol. The summed E-state index contributed by atoms with van der Waals surface area (Å²) in [6, 6.07) is 0.102. The number of carbonyl (C=O) groups excluding carboxylic acids is 1. The van der Waals surface area contributed by atoms with Crippen LogP contribution >= 0.6 is 11.8 Å². The molecule has 0 aromatic carbocycles. The fourth-order valence-electron chi connectivity index (χ4n) is 2.85. The minimum absolute atomic E-state index is 0.102. The first-order valence-corrected chi connectivity index (χ1v) is 10.2. The minimum atomic E-state index is -0.780. The number of carbonyl (C=O) groups is 2. The molecule has 1 saturated heterocycles. The molecule has 1 fully saturated rings. The summed E-state index contributed by atoms with van der Waals surface area (Å²) >= 11 is 1.42. The van der Waals surface area contributed by atoms with Gasteiger partial charge in [0.05, 0.1) is 17.9 Å². The zero-order chi connectivity index (χ0) is 17.8. The van der Waals surface area contributed by atoms with Gasteiger partial charge in [0.25, 0.3) is 0 Å². The van der Waals surface area contributed by atoms with Crippen molar-refractivity contribution in [2.75, 3.05) is 18.1 Å². The molecule has 5 nitrogen and oxygen atoms in total. The zero-order valence-electron chi connectivity index (χ0n) is 14.7. The molecule has 1 rings (SSSR count). The Hall–Kier alpha value is -1.01. The highest BCUT2D eigenvalue weighted by Gasteiger charge is 2.28. The summed E-state index contributed by atoms with van der Waals surface area (Å²) in [6.07, 6.45) is 10.7. The van der Waals surface area contributed by atoms with Gasteiger partial charge in [0.2, 0.25) is 5.91 Å². The topological polar surface area (TPSA) is 77.8 Å². The summed E-state index contributed by atoms with van der Waals surface area (Å²) in [7, 11) is 0. The maximum Gasteiger partial charge on any atom is 0.313 e. The molecule has 0 spiro atoms. The van der Waals surface area contributed by atoms with Gasteiger partial charge in [-0.15, -0.1) is 0 Å². The Morgan fingerprint density at radius 1 is 1.38 bits per heavy atom. The SMILES string of the molecule is CCCCCC(O)/C=C/[C@H]1CCC(=O)N1CCCCSCC(=O)O. The number of carboxylic acids is 1. The summed E-state index contributed by atoms with van der Waals surface area (Å²) in [5.74, 6) is 0.357. The molecule has 0 bridgehead atoms. The number of hydrogen-bond acceptors (Lipinski definition) is 4. The molecule has 1 unspecified atom stereocenters. The summed E-state index contributed by atoms with van der Waals surface area (Å²) < 4.78 is 0. The molecule has 0 aromatic heterocycles. The van der Waals surface area contributed by atoms with Gasteiger partial charge in [-0.25, -0.2) is 0 Å². The molecule has 0 saturated carbocycles. The van der Waals surface area contributed by atoms with Gasteiger partial charge in [-0.05, 0) is 31.4 Å². The second kappa shape index (κ2) is 12.4. The van der Waals surface area contributed by atoms with E-state index in [0.717, 1.165) is 50.7 Å². The van der Waals surface area contributed by atoms with E-state index in [1.165, 1.54) is 11.8 Å². The minimum Gasteiger partial charge on any atom is -0.481 e. The lowest BCUT2D eigenvalue weighted by molar-refractivity contribution is -0.134. The third-order valence-corrected chi connectivity index (χ3v) is 5.23. The van der Waals surface area contributed by atoms with Crippen LogP contribution in [0.3, 0.4) is 0 Å². The lowest BCUT2D eigenvalue weighted by atomic mass is 10.1. The highest BCUT2D eigenvalue weighted by molar-refractivity contribution is 7.99. The Morgan fingerprint density at radius 2 is 2.17 bits per heavy atom. The number of amides is 1. The van der Waals surface area contributed by atoms with Crippen LogP contribution in [0.4, 0.5) is 0 Å². The van der Waals surface area contributed by atoms with Crippen LogP contribution in [0.2, 0.25) is 0 Å². The Labute approximate surface area is 149 Å². The molecule has 1 amide bonds. The Bertz CT molecular complexity index is 414. The molecule has 24 heavy (non-hydrogen) atoms. The molecule has 2 N–H and O–H groups in total. The number of carboxylic acid groups (broad SMARTS) is 1. The zero-order valence-corrected chi connectivity index (χ0v) is 15.5. The largest absolute Gasteiger partial charge is 0.481 e. The molecule has 1 heterocycles. The van der Waals surface area contributed by atoms with Crippen LogP contribution in [-0.4, -0.2) is 57.2 Å². The van der Waals surface area contributed by atoms with Crippen LogP contribution in [0.15, 0.2) is 12.2 Å². The summed E-state index contributed by atoms with van der Waals surface area (Å²) in [4.78, 5) is 24.3. The van der Waals surface area contributed by atoms with Gasteiger partial charge >= 0.3 is 5.97 Å². The molecule has 2 atom stereocenters. The van der Waals surface area contributed by atoms with E-state index in [1.807, 2.05) is 17.1 Å². The van der Waals surface area contributed by atoms with Crippen molar-refractivity contribution in [3.63, 3.8) is 0 Å². The Balaban J connectivity index is 2.28. The second-order valence-corrected chi connectivity index (χ2v) is 7.40. The molecule has 1 aliphatic heterocycles. The summed E-state index contributed by atoms with van der Waals surface area (Å²) in [6.45, 7) is 2.86. The first-order valence-electron chi connectivity index (χ1n) is 9.00. The second-order valence-electron chi connectivity index (χ2n) is 6.29. The number of hydrogen-bond donors (Lipinski definition) is 2. The van der Waals surface area contributed by atoms with Crippen LogP contribution in [0.5, 0.6) is 0 Å². The van der Waals surface area contributed by atoms with E-state index in [2.05, 4.69) is 6.92 Å². The van der Waals surface area contributed by atoms with E-state index in [0.29, 0.717) is 13.0 Å². The summed E-state index contributed by atoms with van der Waals surface area (Å²) in [5.41, 5.74) is 0. The average Bonchev–Trinajstić information content (AvgIpc) is 2.89. The fraction of sp³-hybridized carbons (Fsp3) is 0.778. The van der Waals surface area contributed by atoms with Crippen molar-refractivity contribution in [1.82, 2.24) is 4.90 Å². The van der Waals surface area contributed by atoms with Crippen molar-refractivity contribution in [2.45, 2.75) is 70.4 Å². The van der Waals surface area contributed by atoms with Gasteiger partial charge in [-0.3, -0.25) is 9.59 Å². The number of rotatable bonds is 13. The predicted octanol–water partition coefficient (Wildman–Crippen LogP) is 3.07. The number of unbranched alkanes of at least 4 members (excludes halogenated alkanes) is 3. The van der Waals surface area contributed by atoms with Gasteiger partial charge in [0.15, 0.2) is 0 Å². The van der Waals surface area contributed by atoms with Crippen molar-refractivity contribution in [1.29, 1.82) is 0 Å². The van der Waals surface area contributed by atoms with Crippen LogP contribution in [0.1, 0.15) is 58.3 Å². The molecular formula is C18H31NO4S. The highest BCUT2D eigenvalue weighted by atomic mass is 32.2. The van der Waals surface area contributed by atoms with Gasteiger partial charge in [-0.2, -0.15) is 11.8 Å². The van der Waals surface area contributed by atoms with Crippen molar-refractivity contribution >= 4 is 23.6 Å². The monoisotopic (exact) mass is 357 g/mol. The van der Waals surface area contributed by atoms with Crippen LogP contribution in [0, 0.1) is 0 Å². The lowest BCUT2D eigenvalue weighted by Gasteiger charge is -2.22. The number of likely N-dealkylation sites (tertiary alicyclic amines) is 1. The van der Waals surface area contributed by atoms with Gasteiger partial charge in [0, 0.05) is 13.0 Å². The third-order valence-electron chi connectivity index (χ3n) is 4.20.